The number of aromatic nitrogens is 2. The third-order valence-corrected chi connectivity index (χ3v) is 8.21. The van der Waals surface area contributed by atoms with E-state index in [1.165, 1.54) is 6.92 Å². The monoisotopic (exact) mass is 616 g/mol. The molecule has 0 spiro atoms. The topological polar surface area (TPSA) is 129 Å². The number of carbonyl (C=O) groups excluding carboxylic acids is 2. The number of carbonyl (C=O) groups is 2. The molecule has 240 valence electrons. The highest BCUT2D eigenvalue weighted by Crippen LogP contribution is 2.38. The first-order valence-electron chi connectivity index (χ1n) is 15.9. The summed E-state index contributed by atoms with van der Waals surface area (Å²) in [6.45, 7) is 6.42. The van der Waals surface area contributed by atoms with Crippen LogP contribution < -0.4 is 15.5 Å². The van der Waals surface area contributed by atoms with Crippen LogP contribution in [0.15, 0.2) is 67.0 Å². The van der Waals surface area contributed by atoms with Crippen molar-refractivity contribution in [1.82, 2.24) is 20.2 Å². The van der Waals surface area contributed by atoms with E-state index < -0.39 is 6.29 Å². The number of rotatable bonds is 13. The van der Waals surface area contributed by atoms with Crippen molar-refractivity contribution < 1.29 is 24.2 Å². The number of piperazine rings is 1. The largest absolute Gasteiger partial charge is 0.392 e. The minimum Gasteiger partial charge on any atom is -0.392 e. The molecule has 2 aliphatic heterocycles. The van der Waals surface area contributed by atoms with Gasteiger partial charge in [-0.25, -0.2) is 9.97 Å². The maximum Gasteiger partial charge on any atom is 0.225 e. The van der Waals surface area contributed by atoms with Gasteiger partial charge in [-0.05, 0) is 42.2 Å². The molecule has 2 aliphatic rings. The number of hydrogen-bond donors (Lipinski definition) is 3. The molecule has 0 radical (unpaired) electrons. The van der Waals surface area contributed by atoms with E-state index in [1.54, 1.807) is 12.4 Å². The van der Waals surface area contributed by atoms with Crippen LogP contribution in [-0.2, 0) is 25.7 Å². The minimum absolute atomic E-state index is 0.00164. The smallest absolute Gasteiger partial charge is 0.225 e. The highest BCUT2D eigenvalue weighted by molar-refractivity contribution is 5.90. The van der Waals surface area contributed by atoms with Gasteiger partial charge in [0.2, 0.25) is 17.8 Å². The van der Waals surface area contributed by atoms with Gasteiger partial charge in [-0.15, -0.1) is 0 Å². The average Bonchev–Trinajstić information content (AvgIpc) is 3.07. The van der Waals surface area contributed by atoms with E-state index in [2.05, 4.69) is 30.4 Å². The number of unbranched alkanes of at least 4 members (excludes halogenated alkanes) is 2. The number of nitrogens with one attached hydrogen (secondary N) is 2. The van der Waals surface area contributed by atoms with Crippen molar-refractivity contribution in [3.63, 3.8) is 0 Å². The second-order valence-electron chi connectivity index (χ2n) is 11.7. The lowest BCUT2D eigenvalue weighted by atomic mass is 9.99. The van der Waals surface area contributed by atoms with E-state index in [0.29, 0.717) is 13.0 Å². The van der Waals surface area contributed by atoms with E-state index in [1.807, 2.05) is 54.6 Å². The standard InChI is InChI=1S/C34H44N6O5/c1-25(42)35-15-4-2-3-6-32(43)38-29-13-11-28(12-14-29)33-44-30(22-31(45-33)27-9-7-26(24-41)8-10-27)23-39-18-20-40(21-19-39)34-36-16-5-17-37-34/h5,7-14,16-17,30-31,33,41H,2-4,6,15,18-24H2,1H3,(H,35,42)(H,38,43). The molecule has 0 bridgehead atoms. The average molecular weight is 617 g/mol. The summed E-state index contributed by atoms with van der Waals surface area (Å²) in [5, 5.41) is 15.3. The Labute approximate surface area is 265 Å². The van der Waals surface area contributed by atoms with Crippen molar-refractivity contribution >= 4 is 23.5 Å². The van der Waals surface area contributed by atoms with Gasteiger partial charge in [-0.1, -0.05) is 42.8 Å². The second-order valence-corrected chi connectivity index (χ2v) is 11.7. The molecule has 3 heterocycles. The van der Waals surface area contributed by atoms with Gasteiger partial charge >= 0.3 is 0 Å². The van der Waals surface area contributed by atoms with Crippen molar-refractivity contribution in [3.05, 3.63) is 83.7 Å². The summed E-state index contributed by atoms with van der Waals surface area (Å²) in [5.74, 6) is 0.707. The van der Waals surface area contributed by atoms with Crippen LogP contribution in [0.4, 0.5) is 11.6 Å². The molecule has 3 aromatic rings. The summed E-state index contributed by atoms with van der Waals surface area (Å²) in [5.41, 5.74) is 3.53. The number of anilines is 2. The lowest BCUT2D eigenvalue weighted by Crippen LogP contribution is -2.50. The van der Waals surface area contributed by atoms with Crippen LogP contribution in [-0.4, -0.2) is 77.2 Å². The molecule has 5 rings (SSSR count). The Bertz CT molecular complexity index is 1350. The Hall–Kier alpha value is -3.90. The van der Waals surface area contributed by atoms with Gasteiger partial charge in [0, 0.05) is 82.7 Å². The van der Waals surface area contributed by atoms with Gasteiger partial charge in [0.05, 0.1) is 18.8 Å². The van der Waals surface area contributed by atoms with Crippen LogP contribution in [0.25, 0.3) is 0 Å². The van der Waals surface area contributed by atoms with E-state index >= 15 is 0 Å². The molecule has 3 atom stereocenters. The summed E-state index contributed by atoms with van der Waals surface area (Å²) in [7, 11) is 0. The van der Waals surface area contributed by atoms with Gasteiger partial charge in [0.1, 0.15) is 0 Å². The van der Waals surface area contributed by atoms with Crippen molar-refractivity contribution in [2.45, 2.75) is 64.1 Å². The lowest BCUT2D eigenvalue weighted by molar-refractivity contribution is -0.253. The van der Waals surface area contributed by atoms with Crippen LogP contribution in [0.1, 0.15) is 68.1 Å². The normalized spacial score (nSPS) is 20.5. The highest BCUT2D eigenvalue weighted by atomic mass is 16.7. The highest BCUT2D eigenvalue weighted by Gasteiger charge is 2.34. The van der Waals surface area contributed by atoms with Gasteiger partial charge in [0.25, 0.3) is 0 Å². The molecule has 45 heavy (non-hydrogen) atoms. The molecule has 1 aromatic heterocycles. The quantitative estimate of drug-likeness (QED) is 0.244. The predicted molar refractivity (Wildman–Crippen MR) is 171 cm³/mol. The summed E-state index contributed by atoms with van der Waals surface area (Å²) < 4.78 is 13.1. The Morgan fingerprint density at radius 1 is 0.911 bits per heavy atom. The van der Waals surface area contributed by atoms with E-state index in [9.17, 15) is 14.7 Å². The summed E-state index contributed by atoms with van der Waals surface area (Å²) in [6.07, 6.45) is 6.44. The summed E-state index contributed by atoms with van der Waals surface area (Å²) >= 11 is 0. The molecule has 11 nitrogen and oxygen atoms in total. The Kier molecular flexibility index (Phi) is 11.9. The van der Waals surface area contributed by atoms with Gasteiger partial charge in [0.15, 0.2) is 6.29 Å². The fourth-order valence-electron chi connectivity index (χ4n) is 5.70. The zero-order valence-electron chi connectivity index (χ0n) is 25.9. The molecule has 2 aromatic carbocycles. The molecule has 0 aliphatic carbocycles. The van der Waals surface area contributed by atoms with Gasteiger partial charge < -0.3 is 30.1 Å². The first-order chi connectivity index (χ1) is 22.0. The molecule has 2 fully saturated rings. The number of hydrogen-bond acceptors (Lipinski definition) is 9. The van der Waals surface area contributed by atoms with Crippen LogP contribution in [0, 0.1) is 0 Å². The van der Waals surface area contributed by atoms with Crippen LogP contribution >= 0.6 is 0 Å². The molecular weight excluding hydrogens is 572 g/mol. The first kappa shape index (κ1) is 32.5. The molecule has 3 N–H and O–H groups in total. The minimum atomic E-state index is -0.557. The molecule has 2 amide bonds. The van der Waals surface area contributed by atoms with E-state index in [0.717, 1.165) is 86.7 Å². The maximum atomic E-state index is 12.5. The van der Waals surface area contributed by atoms with Crippen molar-refractivity contribution in [3.8, 4) is 0 Å². The van der Waals surface area contributed by atoms with E-state index in [4.69, 9.17) is 9.47 Å². The Morgan fingerprint density at radius 2 is 1.62 bits per heavy atom. The summed E-state index contributed by atoms with van der Waals surface area (Å²) in [4.78, 5) is 36.9. The predicted octanol–water partition coefficient (Wildman–Crippen LogP) is 3.97. The third-order valence-electron chi connectivity index (χ3n) is 8.21. The van der Waals surface area contributed by atoms with Crippen LogP contribution in [0.5, 0.6) is 0 Å². The summed E-state index contributed by atoms with van der Waals surface area (Å²) in [6, 6.07) is 17.4. The molecule has 0 saturated carbocycles. The number of amides is 2. The zero-order chi connectivity index (χ0) is 31.4. The van der Waals surface area contributed by atoms with Gasteiger partial charge in [-0.2, -0.15) is 0 Å². The van der Waals surface area contributed by atoms with Crippen molar-refractivity contribution in [1.29, 1.82) is 0 Å². The zero-order valence-corrected chi connectivity index (χ0v) is 25.9. The fraction of sp³-hybridized carbons (Fsp3) is 0.471. The van der Waals surface area contributed by atoms with E-state index in [-0.39, 0.29) is 30.6 Å². The molecule has 2 saturated heterocycles. The lowest BCUT2D eigenvalue weighted by Gasteiger charge is -2.40. The van der Waals surface area contributed by atoms with Crippen molar-refractivity contribution in [2.24, 2.45) is 0 Å². The number of aliphatic hydroxyl groups is 1. The number of benzene rings is 2. The van der Waals surface area contributed by atoms with Crippen LogP contribution in [0.2, 0.25) is 0 Å². The molecule has 11 heteroatoms. The maximum absolute atomic E-state index is 12.5. The number of aliphatic hydroxyl groups excluding tert-OH is 1. The second kappa shape index (κ2) is 16.4. The number of ether oxygens (including phenoxy) is 2. The molecule has 3 unspecified atom stereocenters. The van der Waals surface area contributed by atoms with Gasteiger partial charge in [-0.3, -0.25) is 14.5 Å². The molecular formula is C34H44N6O5. The Morgan fingerprint density at radius 3 is 2.31 bits per heavy atom. The number of nitrogens with zero attached hydrogens (tertiary/aromatic N) is 4. The third kappa shape index (κ3) is 9.79. The SMILES string of the molecule is CC(=O)NCCCCCC(=O)Nc1ccc(C2OC(CN3CCN(c4ncccn4)CC3)CC(c3ccc(CO)cc3)O2)cc1. The van der Waals surface area contributed by atoms with Crippen LogP contribution in [0.3, 0.4) is 0 Å². The first-order valence-corrected chi connectivity index (χ1v) is 15.9. The Balaban J connectivity index is 1.18. The van der Waals surface area contributed by atoms with Crippen molar-refractivity contribution in [2.75, 3.05) is 49.5 Å². The fourth-order valence-corrected chi connectivity index (χ4v) is 5.70.